The Balaban J connectivity index is 2.02. The average Bonchev–Trinajstić information content (AvgIpc) is 2.71. The Kier molecular flexibility index (Phi) is 5.42. The Morgan fingerprint density at radius 1 is 1.67 bits per heavy atom. The van der Waals surface area contributed by atoms with Gasteiger partial charge in [0.2, 0.25) is 5.91 Å². The topological polar surface area (TPSA) is 93.0 Å². The molecule has 1 aromatic rings. The highest BCUT2D eigenvalue weighted by atomic mass is 16.5. The molecule has 0 unspecified atom stereocenters. The molecule has 84 valence electrons. The summed E-state index contributed by atoms with van der Waals surface area (Å²) in [4.78, 5) is 18.1. The Morgan fingerprint density at radius 2 is 2.53 bits per heavy atom. The van der Waals surface area contributed by atoms with Crippen LogP contribution in [0.1, 0.15) is 5.82 Å². The first-order valence-corrected chi connectivity index (χ1v) is 4.85. The third-order valence-electron chi connectivity index (χ3n) is 1.73. The van der Waals surface area contributed by atoms with E-state index in [-0.39, 0.29) is 12.5 Å². The first-order chi connectivity index (χ1) is 7.33. The quantitative estimate of drug-likeness (QED) is 0.508. The number of hydrogen-bond donors (Lipinski definition) is 3. The molecule has 1 aromatic heterocycles. The van der Waals surface area contributed by atoms with Crippen molar-refractivity contribution in [1.29, 1.82) is 0 Å². The van der Waals surface area contributed by atoms with Gasteiger partial charge in [0, 0.05) is 31.9 Å². The van der Waals surface area contributed by atoms with Gasteiger partial charge in [-0.15, -0.1) is 0 Å². The first kappa shape index (κ1) is 11.7. The number of aromatic amines is 1. The third kappa shape index (κ3) is 5.14. The highest BCUT2D eigenvalue weighted by molar-refractivity contribution is 5.77. The highest BCUT2D eigenvalue weighted by Gasteiger charge is 2.00. The number of carbonyl (C=O) groups excluding carboxylic acids is 1. The molecule has 15 heavy (non-hydrogen) atoms. The molecule has 0 saturated carbocycles. The van der Waals surface area contributed by atoms with Crippen LogP contribution in [-0.2, 0) is 16.0 Å². The van der Waals surface area contributed by atoms with Crippen molar-refractivity contribution < 1.29 is 9.53 Å². The van der Waals surface area contributed by atoms with E-state index in [9.17, 15) is 4.79 Å². The lowest BCUT2D eigenvalue weighted by Crippen LogP contribution is -2.30. The van der Waals surface area contributed by atoms with Gasteiger partial charge in [0.25, 0.3) is 0 Å². The summed E-state index contributed by atoms with van der Waals surface area (Å²) in [5, 5.41) is 2.72. The molecule has 0 fully saturated rings. The molecule has 0 radical (unpaired) electrons. The smallest absolute Gasteiger partial charge is 0.246 e. The number of carbonyl (C=O) groups is 1. The second-order valence-electron chi connectivity index (χ2n) is 2.98. The van der Waals surface area contributed by atoms with Crippen LogP contribution in [0.4, 0.5) is 0 Å². The maximum atomic E-state index is 11.1. The van der Waals surface area contributed by atoms with Crippen molar-refractivity contribution in [2.45, 2.75) is 6.42 Å². The average molecular weight is 212 g/mol. The van der Waals surface area contributed by atoms with Crippen LogP contribution in [0.3, 0.4) is 0 Å². The number of ether oxygens (including phenoxy) is 1. The molecule has 0 spiro atoms. The number of hydrogen-bond acceptors (Lipinski definition) is 4. The van der Waals surface area contributed by atoms with Crippen LogP contribution in [0.2, 0.25) is 0 Å². The second-order valence-corrected chi connectivity index (χ2v) is 2.98. The number of rotatable bonds is 7. The molecule has 1 amide bonds. The van der Waals surface area contributed by atoms with Crippen molar-refractivity contribution >= 4 is 5.91 Å². The summed E-state index contributed by atoms with van der Waals surface area (Å²) in [7, 11) is 0. The molecule has 0 bridgehead atoms. The third-order valence-corrected chi connectivity index (χ3v) is 1.73. The van der Waals surface area contributed by atoms with E-state index >= 15 is 0 Å². The number of nitrogens with zero attached hydrogens (tertiary/aromatic N) is 1. The lowest BCUT2D eigenvalue weighted by Gasteiger charge is -2.04. The number of imidazole rings is 1. The van der Waals surface area contributed by atoms with Crippen LogP contribution in [0, 0.1) is 0 Å². The van der Waals surface area contributed by atoms with Crippen LogP contribution in [-0.4, -0.2) is 42.2 Å². The van der Waals surface area contributed by atoms with Gasteiger partial charge >= 0.3 is 0 Å². The van der Waals surface area contributed by atoms with E-state index < -0.39 is 0 Å². The summed E-state index contributed by atoms with van der Waals surface area (Å²) in [6.07, 6.45) is 4.12. The van der Waals surface area contributed by atoms with Gasteiger partial charge in [0.15, 0.2) is 0 Å². The fraction of sp³-hybridized carbons (Fsp3) is 0.556. The van der Waals surface area contributed by atoms with Gasteiger partial charge < -0.3 is 20.8 Å². The summed E-state index contributed by atoms with van der Waals surface area (Å²) >= 11 is 0. The Morgan fingerprint density at radius 3 is 3.20 bits per heavy atom. The molecule has 1 heterocycles. The van der Waals surface area contributed by atoms with Crippen molar-refractivity contribution in [2.24, 2.45) is 5.73 Å². The first-order valence-electron chi connectivity index (χ1n) is 4.85. The largest absolute Gasteiger partial charge is 0.370 e. The van der Waals surface area contributed by atoms with Gasteiger partial charge in [-0.3, -0.25) is 4.79 Å². The zero-order chi connectivity index (χ0) is 10.9. The Hall–Kier alpha value is -1.40. The van der Waals surface area contributed by atoms with Gasteiger partial charge in [-0.1, -0.05) is 0 Å². The van der Waals surface area contributed by atoms with Crippen molar-refractivity contribution in [1.82, 2.24) is 15.3 Å². The second kappa shape index (κ2) is 6.97. The van der Waals surface area contributed by atoms with Gasteiger partial charge in [0.1, 0.15) is 12.4 Å². The van der Waals surface area contributed by atoms with Crippen molar-refractivity contribution in [2.75, 3.05) is 26.3 Å². The van der Waals surface area contributed by atoms with Crippen LogP contribution in [0.5, 0.6) is 0 Å². The standard InChI is InChI=1S/C9H16N4O2/c10-2-6-15-7-9(14)13-3-1-8-11-4-5-12-8/h4-5H,1-3,6-7,10H2,(H,11,12)(H,13,14). The predicted molar refractivity (Wildman–Crippen MR) is 55.2 cm³/mol. The van der Waals surface area contributed by atoms with Gasteiger partial charge in [0.05, 0.1) is 6.61 Å². The number of aromatic nitrogens is 2. The molecule has 0 aromatic carbocycles. The van der Waals surface area contributed by atoms with Gasteiger partial charge in [-0.2, -0.15) is 0 Å². The number of nitrogens with one attached hydrogen (secondary N) is 2. The van der Waals surface area contributed by atoms with Crippen LogP contribution in [0.25, 0.3) is 0 Å². The Labute approximate surface area is 88.2 Å². The molecule has 0 atom stereocenters. The maximum Gasteiger partial charge on any atom is 0.246 e. The fourth-order valence-electron chi connectivity index (χ4n) is 1.05. The monoisotopic (exact) mass is 212 g/mol. The molecule has 1 rings (SSSR count). The molecule has 0 saturated heterocycles. The summed E-state index contributed by atoms with van der Waals surface area (Å²) < 4.78 is 4.97. The van der Waals surface area contributed by atoms with Gasteiger partial charge in [-0.25, -0.2) is 4.98 Å². The normalized spacial score (nSPS) is 10.2. The minimum Gasteiger partial charge on any atom is -0.370 e. The Bertz CT molecular complexity index is 274. The van der Waals surface area contributed by atoms with E-state index in [0.717, 1.165) is 5.82 Å². The minimum atomic E-state index is -0.130. The maximum absolute atomic E-state index is 11.1. The zero-order valence-corrected chi connectivity index (χ0v) is 8.53. The zero-order valence-electron chi connectivity index (χ0n) is 8.53. The van der Waals surface area contributed by atoms with Gasteiger partial charge in [-0.05, 0) is 0 Å². The molecule has 4 N–H and O–H groups in total. The summed E-state index contributed by atoms with van der Waals surface area (Å²) in [6, 6.07) is 0. The van der Waals surface area contributed by atoms with Crippen molar-refractivity contribution in [3.8, 4) is 0 Å². The predicted octanol–water partition coefficient (Wildman–Crippen LogP) is -0.956. The minimum absolute atomic E-state index is 0.0648. The van der Waals surface area contributed by atoms with Crippen LogP contribution < -0.4 is 11.1 Å². The lowest BCUT2D eigenvalue weighted by atomic mass is 10.4. The molecular formula is C9H16N4O2. The summed E-state index contributed by atoms with van der Waals surface area (Å²) in [5.41, 5.74) is 5.21. The van der Waals surface area contributed by atoms with E-state index in [1.54, 1.807) is 12.4 Å². The SMILES string of the molecule is NCCOCC(=O)NCCc1ncc[nH]1. The van der Waals surface area contributed by atoms with E-state index in [1.807, 2.05) is 0 Å². The molecule has 6 nitrogen and oxygen atoms in total. The van der Waals surface area contributed by atoms with E-state index in [1.165, 1.54) is 0 Å². The molecular weight excluding hydrogens is 196 g/mol. The number of amides is 1. The van der Waals surface area contributed by atoms with Crippen molar-refractivity contribution in [3.05, 3.63) is 18.2 Å². The van der Waals surface area contributed by atoms with Crippen molar-refractivity contribution in [3.63, 3.8) is 0 Å². The fourth-order valence-corrected chi connectivity index (χ4v) is 1.05. The molecule has 0 aliphatic heterocycles. The molecule has 0 aliphatic carbocycles. The summed E-state index contributed by atoms with van der Waals surface area (Å²) in [5.74, 6) is 0.730. The van der Waals surface area contributed by atoms with Crippen LogP contribution >= 0.6 is 0 Å². The highest BCUT2D eigenvalue weighted by Crippen LogP contribution is 1.87. The van der Waals surface area contributed by atoms with E-state index in [4.69, 9.17) is 10.5 Å². The number of H-pyrrole nitrogens is 1. The molecule has 0 aliphatic rings. The molecule has 6 heteroatoms. The van der Waals surface area contributed by atoms with E-state index in [2.05, 4.69) is 15.3 Å². The lowest BCUT2D eigenvalue weighted by molar-refractivity contribution is -0.125. The van der Waals surface area contributed by atoms with E-state index in [0.29, 0.717) is 26.1 Å². The number of nitrogens with two attached hydrogens (primary N) is 1. The summed E-state index contributed by atoms with van der Waals surface area (Å²) in [6.45, 7) is 1.46. The van der Waals surface area contributed by atoms with Crippen LogP contribution in [0.15, 0.2) is 12.4 Å².